The SMILES string of the molecule is C[C@H]1[C@@H](c2cc(C(F)(F)F)cc(C(F)(F)F)c2)OC(=O)N1Cc1cc(Cl)ncc1Br. The first kappa shape index (κ1) is 22.7. The highest BCUT2D eigenvalue weighted by molar-refractivity contribution is 9.10. The van der Waals surface area contributed by atoms with Crippen LogP contribution in [0, 0.1) is 0 Å². The third kappa shape index (κ3) is 4.66. The summed E-state index contributed by atoms with van der Waals surface area (Å²) in [6, 6.07) is 1.78. The Bertz CT molecular complexity index is 950. The Morgan fingerprint density at radius 1 is 1.10 bits per heavy atom. The van der Waals surface area contributed by atoms with Crippen molar-refractivity contribution in [2.45, 2.75) is 38.0 Å². The molecule has 1 amide bonds. The van der Waals surface area contributed by atoms with Crippen molar-refractivity contribution >= 4 is 33.6 Å². The topological polar surface area (TPSA) is 42.4 Å². The van der Waals surface area contributed by atoms with Gasteiger partial charge in [-0.2, -0.15) is 26.3 Å². The normalized spacial score (nSPS) is 19.9. The number of hydrogen-bond acceptors (Lipinski definition) is 3. The molecule has 2 heterocycles. The summed E-state index contributed by atoms with van der Waals surface area (Å²) in [5.74, 6) is 0. The summed E-state index contributed by atoms with van der Waals surface area (Å²) in [5.41, 5.74) is -2.80. The molecule has 1 saturated heterocycles. The molecule has 0 radical (unpaired) electrons. The number of cyclic esters (lactones) is 1. The van der Waals surface area contributed by atoms with E-state index in [0.717, 1.165) is 0 Å². The zero-order valence-corrected chi connectivity index (χ0v) is 17.3. The maximum absolute atomic E-state index is 13.1. The molecule has 30 heavy (non-hydrogen) atoms. The van der Waals surface area contributed by atoms with Crippen LogP contribution in [-0.4, -0.2) is 22.0 Å². The smallest absolute Gasteiger partial charge is 0.416 e. The van der Waals surface area contributed by atoms with Gasteiger partial charge in [0, 0.05) is 10.7 Å². The molecule has 0 aliphatic carbocycles. The molecule has 4 nitrogen and oxygen atoms in total. The van der Waals surface area contributed by atoms with E-state index in [1.54, 1.807) is 0 Å². The molecule has 1 fully saturated rings. The number of carbonyl (C=O) groups is 1. The molecule has 1 aromatic heterocycles. The molecule has 0 saturated carbocycles. The van der Waals surface area contributed by atoms with E-state index in [1.807, 2.05) is 0 Å². The van der Waals surface area contributed by atoms with Crippen LogP contribution in [-0.2, 0) is 23.6 Å². The standard InChI is InChI=1S/C18H12BrClF6N2O2/c1-8-15(9-2-11(17(21,22)23)5-12(3-9)18(24,25)26)30-16(29)28(8)7-10-4-14(20)27-6-13(10)19/h2-6,8,15H,7H2,1H3/t8-,15-/m0/s1. The number of amides is 1. The molecule has 1 aromatic carbocycles. The molecule has 12 heteroatoms. The molecular weight excluding hydrogens is 506 g/mol. The van der Waals surface area contributed by atoms with E-state index in [4.69, 9.17) is 16.3 Å². The first-order chi connectivity index (χ1) is 13.8. The van der Waals surface area contributed by atoms with Crippen LogP contribution in [0.3, 0.4) is 0 Å². The van der Waals surface area contributed by atoms with Crippen molar-refractivity contribution in [1.29, 1.82) is 0 Å². The van der Waals surface area contributed by atoms with Gasteiger partial charge in [0.25, 0.3) is 0 Å². The second-order valence-electron chi connectivity index (χ2n) is 6.61. The van der Waals surface area contributed by atoms with Crippen molar-refractivity contribution in [2.75, 3.05) is 0 Å². The van der Waals surface area contributed by atoms with Crippen LogP contribution >= 0.6 is 27.5 Å². The van der Waals surface area contributed by atoms with Gasteiger partial charge < -0.3 is 4.74 Å². The predicted molar refractivity (Wildman–Crippen MR) is 97.6 cm³/mol. The summed E-state index contributed by atoms with van der Waals surface area (Å²) in [6.07, 6.45) is -10.8. The fourth-order valence-corrected chi connectivity index (χ4v) is 3.58. The minimum Gasteiger partial charge on any atom is -0.439 e. The van der Waals surface area contributed by atoms with Gasteiger partial charge in [-0.15, -0.1) is 0 Å². The van der Waals surface area contributed by atoms with E-state index >= 15 is 0 Å². The zero-order chi connectivity index (χ0) is 22.4. The average Bonchev–Trinajstić information content (AvgIpc) is 2.91. The van der Waals surface area contributed by atoms with Crippen molar-refractivity contribution in [2.24, 2.45) is 0 Å². The lowest BCUT2D eigenvalue weighted by atomic mass is 9.97. The third-order valence-corrected chi connectivity index (χ3v) is 5.49. The number of carbonyl (C=O) groups excluding carboxylic acids is 1. The highest BCUT2D eigenvalue weighted by Gasteiger charge is 2.43. The zero-order valence-electron chi connectivity index (χ0n) is 15.0. The first-order valence-corrected chi connectivity index (χ1v) is 9.51. The van der Waals surface area contributed by atoms with Crippen LogP contribution in [0.4, 0.5) is 31.1 Å². The molecule has 0 unspecified atom stereocenters. The number of benzene rings is 1. The predicted octanol–water partition coefficient (Wildman–Crippen LogP) is 6.62. The van der Waals surface area contributed by atoms with Crippen molar-refractivity contribution in [3.8, 4) is 0 Å². The number of halogens is 8. The maximum atomic E-state index is 13.1. The Hall–Kier alpha value is -2.01. The Morgan fingerprint density at radius 3 is 2.20 bits per heavy atom. The van der Waals surface area contributed by atoms with Gasteiger partial charge in [0.1, 0.15) is 11.3 Å². The van der Waals surface area contributed by atoms with Gasteiger partial charge in [-0.3, -0.25) is 4.90 Å². The fourth-order valence-electron chi connectivity index (χ4n) is 3.06. The Kier molecular flexibility index (Phi) is 5.98. The first-order valence-electron chi connectivity index (χ1n) is 8.34. The second-order valence-corrected chi connectivity index (χ2v) is 7.85. The number of alkyl halides is 6. The summed E-state index contributed by atoms with van der Waals surface area (Å²) >= 11 is 9.09. The summed E-state index contributed by atoms with van der Waals surface area (Å²) in [7, 11) is 0. The Balaban J connectivity index is 1.97. The molecule has 2 aromatic rings. The van der Waals surface area contributed by atoms with Gasteiger partial charge in [-0.1, -0.05) is 11.6 Å². The molecule has 0 bridgehead atoms. The van der Waals surface area contributed by atoms with Crippen molar-refractivity contribution in [3.63, 3.8) is 0 Å². The number of rotatable bonds is 3. The van der Waals surface area contributed by atoms with Gasteiger partial charge >= 0.3 is 18.4 Å². The van der Waals surface area contributed by atoms with E-state index in [2.05, 4.69) is 20.9 Å². The highest BCUT2D eigenvalue weighted by Crippen LogP contribution is 2.41. The Labute approximate surface area is 179 Å². The summed E-state index contributed by atoms with van der Waals surface area (Å²) in [6.45, 7) is 1.43. The lowest BCUT2D eigenvalue weighted by Gasteiger charge is -2.22. The molecule has 1 aliphatic heterocycles. The quantitative estimate of drug-likeness (QED) is 0.340. The Morgan fingerprint density at radius 2 is 1.67 bits per heavy atom. The van der Waals surface area contributed by atoms with Crippen LogP contribution in [0.5, 0.6) is 0 Å². The van der Waals surface area contributed by atoms with Gasteiger partial charge in [0.2, 0.25) is 0 Å². The van der Waals surface area contributed by atoms with Crippen LogP contribution in [0.15, 0.2) is 34.9 Å². The van der Waals surface area contributed by atoms with E-state index < -0.39 is 47.3 Å². The van der Waals surface area contributed by atoms with E-state index in [0.29, 0.717) is 22.2 Å². The number of pyridine rings is 1. The van der Waals surface area contributed by atoms with Crippen LogP contribution in [0.25, 0.3) is 0 Å². The lowest BCUT2D eigenvalue weighted by molar-refractivity contribution is -0.143. The molecule has 3 rings (SSSR count). The maximum Gasteiger partial charge on any atom is 0.416 e. The molecule has 0 N–H and O–H groups in total. The van der Waals surface area contributed by atoms with Crippen LogP contribution < -0.4 is 0 Å². The van der Waals surface area contributed by atoms with Crippen LogP contribution in [0.2, 0.25) is 5.15 Å². The fraction of sp³-hybridized carbons (Fsp3) is 0.333. The summed E-state index contributed by atoms with van der Waals surface area (Å²) in [4.78, 5) is 17.4. The number of aromatic nitrogens is 1. The van der Waals surface area contributed by atoms with E-state index in [-0.39, 0.29) is 17.8 Å². The van der Waals surface area contributed by atoms with Gasteiger partial charge in [0.15, 0.2) is 0 Å². The number of ether oxygens (including phenoxy) is 1. The van der Waals surface area contributed by atoms with Gasteiger partial charge in [0.05, 0.1) is 23.7 Å². The summed E-state index contributed by atoms with van der Waals surface area (Å²) < 4.78 is 84.5. The minimum absolute atomic E-state index is 0.0266. The van der Waals surface area contributed by atoms with Gasteiger partial charge in [-0.25, -0.2) is 9.78 Å². The van der Waals surface area contributed by atoms with E-state index in [9.17, 15) is 31.1 Å². The van der Waals surface area contributed by atoms with Crippen LogP contribution in [0.1, 0.15) is 35.3 Å². The molecule has 0 spiro atoms. The van der Waals surface area contributed by atoms with Crippen molar-refractivity contribution in [3.05, 3.63) is 62.3 Å². The van der Waals surface area contributed by atoms with Crippen molar-refractivity contribution in [1.82, 2.24) is 9.88 Å². The average molecular weight is 518 g/mol. The van der Waals surface area contributed by atoms with Crippen molar-refractivity contribution < 1.29 is 35.9 Å². The minimum atomic E-state index is -5.00. The molecule has 2 atom stereocenters. The summed E-state index contributed by atoms with van der Waals surface area (Å²) in [5, 5.41) is 0.151. The monoisotopic (exact) mass is 516 g/mol. The largest absolute Gasteiger partial charge is 0.439 e. The highest BCUT2D eigenvalue weighted by atomic mass is 79.9. The third-order valence-electron chi connectivity index (χ3n) is 4.57. The molecular formula is C18H12BrClF6N2O2. The molecule has 1 aliphatic rings. The number of nitrogens with zero attached hydrogens (tertiary/aromatic N) is 2. The van der Waals surface area contributed by atoms with Gasteiger partial charge in [-0.05, 0) is 58.2 Å². The lowest BCUT2D eigenvalue weighted by Crippen LogP contribution is -2.31. The molecule has 162 valence electrons. The number of hydrogen-bond donors (Lipinski definition) is 0. The second kappa shape index (κ2) is 7.92. The van der Waals surface area contributed by atoms with E-state index in [1.165, 1.54) is 24.1 Å².